The molecular formula is C30H40N2O4. The van der Waals surface area contributed by atoms with Crippen molar-refractivity contribution in [2.45, 2.75) is 85.0 Å². The molecule has 1 amide bonds. The van der Waals surface area contributed by atoms with Crippen molar-refractivity contribution in [3.63, 3.8) is 0 Å². The van der Waals surface area contributed by atoms with Gasteiger partial charge in [0.05, 0.1) is 0 Å². The van der Waals surface area contributed by atoms with Crippen LogP contribution in [-0.2, 0) is 11.2 Å². The van der Waals surface area contributed by atoms with Crippen molar-refractivity contribution in [1.29, 1.82) is 0 Å². The van der Waals surface area contributed by atoms with Crippen molar-refractivity contribution in [2.75, 3.05) is 27.2 Å². The number of rotatable bonds is 4. The molecule has 6 heteroatoms. The number of allylic oxidation sites excluding steroid dienone is 3. The van der Waals surface area contributed by atoms with Gasteiger partial charge in [-0.25, -0.2) is 0 Å². The van der Waals surface area contributed by atoms with Gasteiger partial charge in [0.2, 0.25) is 0 Å². The van der Waals surface area contributed by atoms with E-state index in [0.29, 0.717) is 31.5 Å². The third-order valence-corrected chi connectivity index (χ3v) is 8.99. The zero-order valence-corrected chi connectivity index (χ0v) is 22.9. The molecule has 0 aromatic heterocycles. The van der Waals surface area contributed by atoms with Crippen LogP contribution in [0.15, 0.2) is 22.8 Å². The van der Waals surface area contributed by atoms with E-state index in [0.717, 1.165) is 82.6 Å². The summed E-state index contributed by atoms with van der Waals surface area (Å²) in [5.41, 5.74) is 6.49. The molecule has 194 valence electrons. The average molecular weight is 493 g/mol. The normalized spacial score (nSPS) is 28.1. The molecule has 0 bridgehead atoms. The minimum absolute atomic E-state index is 0.0114. The largest absolute Gasteiger partial charge is 0.448 e. The highest BCUT2D eigenvalue weighted by Gasteiger charge is 2.48. The molecule has 36 heavy (non-hydrogen) atoms. The van der Waals surface area contributed by atoms with E-state index in [1.807, 2.05) is 25.7 Å². The highest BCUT2D eigenvalue weighted by atomic mass is 16.7. The highest BCUT2D eigenvalue weighted by molar-refractivity contribution is 6.03. The Balaban J connectivity index is 1.41. The van der Waals surface area contributed by atoms with E-state index in [2.05, 4.69) is 38.9 Å². The van der Waals surface area contributed by atoms with E-state index in [-0.39, 0.29) is 11.7 Å². The molecule has 1 saturated carbocycles. The Morgan fingerprint density at radius 1 is 1.00 bits per heavy atom. The van der Waals surface area contributed by atoms with Gasteiger partial charge in [-0.3, -0.25) is 9.59 Å². The highest BCUT2D eigenvalue weighted by Crippen LogP contribution is 2.52. The quantitative estimate of drug-likeness (QED) is 0.582. The third kappa shape index (κ3) is 4.07. The first-order valence-corrected chi connectivity index (χ1v) is 13.4. The summed E-state index contributed by atoms with van der Waals surface area (Å²) in [6.07, 6.45) is 7.67. The number of carbonyl (C=O) groups excluding carboxylic acids is 2. The predicted octanol–water partition coefficient (Wildman–Crippen LogP) is 5.15. The molecule has 1 aromatic carbocycles. The van der Waals surface area contributed by atoms with Crippen molar-refractivity contribution in [1.82, 2.24) is 9.80 Å². The maximum atomic E-state index is 13.8. The number of hydrogen-bond acceptors (Lipinski definition) is 5. The lowest BCUT2D eigenvalue weighted by molar-refractivity contribution is -0.123. The first-order valence-electron chi connectivity index (χ1n) is 13.4. The zero-order valence-electron chi connectivity index (χ0n) is 22.9. The number of Topliss-reactive ketones (excluding diaryl/α,β-unsaturated/α-hetero) is 1. The molecule has 1 atom stereocenters. The summed E-state index contributed by atoms with van der Waals surface area (Å²) >= 11 is 0. The predicted molar refractivity (Wildman–Crippen MR) is 141 cm³/mol. The molecule has 0 saturated heterocycles. The number of fused-ring (bicyclic) bond motifs is 2. The molecule has 1 fully saturated rings. The van der Waals surface area contributed by atoms with Crippen molar-refractivity contribution < 1.29 is 19.1 Å². The molecule has 0 N–H and O–H groups in total. The fourth-order valence-corrected chi connectivity index (χ4v) is 6.71. The molecule has 2 heterocycles. The van der Waals surface area contributed by atoms with Crippen LogP contribution in [0.25, 0.3) is 0 Å². The van der Waals surface area contributed by atoms with E-state index in [1.54, 1.807) is 0 Å². The first kappa shape index (κ1) is 25.1. The average Bonchev–Trinajstić information content (AvgIpc) is 3.20. The van der Waals surface area contributed by atoms with Crippen LogP contribution in [0, 0.1) is 19.8 Å². The van der Waals surface area contributed by atoms with Gasteiger partial charge < -0.3 is 19.3 Å². The Hall–Kier alpha value is -2.60. The second-order valence-corrected chi connectivity index (χ2v) is 11.7. The van der Waals surface area contributed by atoms with Gasteiger partial charge in [0.1, 0.15) is 0 Å². The fourth-order valence-electron chi connectivity index (χ4n) is 6.71. The van der Waals surface area contributed by atoms with Crippen LogP contribution in [0.1, 0.15) is 79.9 Å². The number of ether oxygens (including phenoxy) is 2. The molecule has 1 unspecified atom stereocenters. The molecular weight excluding hydrogens is 452 g/mol. The van der Waals surface area contributed by atoms with E-state index in [4.69, 9.17) is 9.47 Å². The number of amides is 1. The van der Waals surface area contributed by atoms with Crippen LogP contribution in [0.5, 0.6) is 11.5 Å². The topological polar surface area (TPSA) is 59.1 Å². The summed E-state index contributed by atoms with van der Waals surface area (Å²) in [5, 5.41) is 0. The molecule has 2 aliphatic heterocycles. The second kappa shape index (κ2) is 9.05. The maximum Gasteiger partial charge on any atom is 0.254 e. The van der Waals surface area contributed by atoms with Crippen molar-refractivity contribution in [3.8, 4) is 11.5 Å². The summed E-state index contributed by atoms with van der Waals surface area (Å²) in [5.74, 6) is 1.26. The van der Waals surface area contributed by atoms with Crippen molar-refractivity contribution >= 4 is 11.7 Å². The number of hydrogen-bond donors (Lipinski definition) is 0. The Kier molecular flexibility index (Phi) is 6.30. The van der Waals surface area contributed by atoms with Crippen LogP contribution >= 0.6 is 0 Å². The van der Waals surface area contributed by atoms with Gasteiger partial charge in [-0.2, -0.15) is 0 Å². The molecule has 0 radical (unpaired) electrons. The lowest BCUT2D eigenvalue weighted by atomic mass is 9.81. The van der Waals surface area contributed by atoms with Gasteiger partial charge in [0.25, 0.3) is 11.7 Å². The summed E-state index contributed by atoms with van der Waals surface area (Å²) in [4.78, 5) is 30.7. The minimum atomic E-state index is -0.706. The maximum absolute atomic E-state index is 13.8. The summed E-state index contributed by atoms with van der Waals surface area (Å²) < 4.78 is 13.2. The minimum Gasteiger partial charge on any atom is -0.448 e. The van der Waals surface area contributed by atoms with Crippen LogP contribution < -0.4 is 9.47 Å². The smallest absolute Gasteiger partial charge is 0.254 e. The lowest BCUT2D eigenvalue weighted by Gasteiger charge is -2.39. The summed E-state index contributed by atoms with van der Waals surface area (Å²) in [6.45, 7) is 11.0. The van der Waals surface area contributed by atoms with Crippen LogP contribution in [0.3, 0.4) is 0 Å². The van der Waals surface area contributed by atoms with Crippen LogP contribution in [0.2, 0.25) is 0 Å². The van der Waals surface area contributed by atoms with E-state index < -0.39 is 5.79 Å². The Morgan fingerprint density at radius 2 is 1.64 bits per heavy atom. The third-order valence-electron chi connectivity index (χ3n) is 8.99. The van der Waals surface area contributed by atoms with Crippen LogP contribution in [-0.4, -0.2) is 60.5 Å². The standard InChI is InChI=1S/C30H40N2O4/c1-17-14-18(2)24(25(33)15-17)16-32-13-12-23-19(3)27-28(20(4)26(23)29(32)34)36-30(5,35-27)21-8-10-22(11-9-21)31(6)7/h14,21-22H,8-13,15-16H2,1-7H3. The summed E-state index contributed by atoms with van der Waals surface area (Å²) in [7, 11) is 4.31. The van der Waals surface area contributed by atoms with E-state index in [1.165, 1.54) is 0 Å². The van der Waals surface area contributed by atoms with Crippen LogP contribution in [0.4, 0.5) is 0 Å². The molecule has 6 nitrogen and oxygen atoms in total. The number of nitrogens with zero attached hydrogens (tertiary/aromatic N) is 2. The molecule has 4 aliphatic rings. The molecule has 5 rings (SSSR count). The van der Waals surface area contributed by atoms with E-state index in [9.17, 15) is 9.59 Å². The fraction of sp³-hybridized carbons (Fsp3) is 0.600. The second-order valence-electron chi connectivity index (χ2n) is 11.7. The SMILES string of the molecule is CC1=CC(C)=C(CN2CCc3c(C)c4c(c(C)c3C2=O)OC(C)(C2CCC(N(C)C)CC2)O4)C(=O)C1. The summed E-state index contributed by atoms with van der Waals surface area (Å²) in [6, 6.07) is 0.613. The number of benzene rings is 1. The Labute approximate surface area is 215 Å². The Morgan fingerprint density at radius 3 is 2.25 bits per heavy atom. The first-order chi connectivity index (χ1) is 17.0. The molecule has 1 aromatic rings. The number of carbonyl (C=O) groups is 2. The lowest BCUT2D eigenvalue weighted by Crippen LogP contribution is -2.46. The molecule has 0 spiro atoms. The van der Waals surface area contributed by atoms with Gasteiger partial charge in [0, 0.05) is 55.1 Å². The van der Waals surface area contributed by atoms with Gasteiger partial charge in [-0.05, 0) is 90.6 Å². The van der Waals surface area contributed by atoms with Gasteiger partial charge >= 0.3 is 0 Å². The zero-order chi connectivity index (χ0) is 25.9. The van der Waals surface area contributed by atoms with Gasteiger partial charge in [-0.15, -0.1) is 0 Å². The van der Waals surface area contributed by atoms with Gasteiger partial charge in [-0.1, -0.05) is 11.6 Å². The van der Waals surface area contributed by atoms with Crippen molar-refractivity contribution in [2.24, 2.45) is 5.92 Å². The van der Waals surface area contributed by atoms with E-state index >= 15 is 0 Å². The monoisotopic (exact) mass is 492 g/mol. The Bertz CT molecular complexity index is 1190. The number of ketones is 1. The molecule has 2 aliphatic carbocycles. The van der Waals surface area contributed by atoms with Gasteiger partial charge in [0.15, 0.2) is 17.3 Å². The van der Waals surface area contributed by atoms with Crippen molar-refractivity contribution in [3.05, 3.63) is 45.0 Å².